The van der Waals surface area contributed by atoms with Crippen molar-refractivity contribution in [3.8, 4) is 0 Å². The monoisotopic (exact) mass is 892 g/mol. The van der Waals surface area contributed by atoms with Crippen molar-refractivity contribution in [1.29, 1.82) is 0 Å². The van der Waals surface area contributed by atoms with E-state index >= 15 is 0 Å². The van der Waals surface area contributed by atoms with Gasteiger partial charge < -0.3 is 15.5 Å². The number of aliphatic hydroxyl groups excluding tert-OH is 2. The molecule has 1 amide bonds. The number of carbonyl (C=O) groups excluding carboxylic acids is 1. The van der Waals surface area contributed by atoms with Crippen LogP contribution in [-0.4, -0.2) is 34.9 Å². The van der Waals surface area contributed by atoms with Crippen molar-refractivity contribution in [2.75, 3.05) is 6.61 Å². The Hall–Kier alpha value is -3.99. The Kier molecular flexibility index (Phi) is 51.0. The van der Waals surface area contributed by atoms with Gasteiger partial charge in [-0.3, -0.25) is 4.79 Å². The van der Waals surface area contributed by atoms with Crippen LogP contribution in [0, 0.1) is 0 Å². The van der Waals surface area contributed by atoms with Crippen molar-refractivity contribution in [1.82, 2.24) is 5.32 Å². The van der Waals surface area contributed by atoms with Crippen LogP contribution < -0.4 is 5.32 Å². The summed E-state index contributed by atoms with van der Waals surface area (Å²) in [5, 5.41) is 23.0. The molecule has 0 fully saturated rings. The third-order valence-corrected chi connectivity index (χ3v) is 10.7. The Morgan fingerprint density at radius 1 is 0.385 bits per heavy atom. The van der Waals surface area contributed by atoms with Crippen LogP contribution in [-0.2, 0) is 4.79 Å². The van der Waals surface area contributed by atoms with Crippen LogP contribution in [0.15, 0.2) is 158 Å². The molecule has 4 heteroatoms. The molecule has 364 valence electrons. The predicted molar refractivity (Wildman–Crippen MR) is 289 cm³/mol. The van der Waals surface area contributed by atoms with Gasteiger partial charge in [0.2, 0.25) is 5.91 Å². The van der Waals surface area contributed by atoms with E-state index in [-0.39, 0.29) is 12.5 Å². The second kappa shape index (κ2) is 54.3. The first-order valence-electron chi connectivity index (χ1n) is 26.2. The molecule has 3 N–H and O–H groups in total. The first-order chi connectivity index (χ1) is 32.2. The fourth-order valence-corrected chi connectivity index (χ4v) is 6.75. The van der Waals surface area contributed by atoms with Crippen molar-refractivity contribution in [2.24, 2.45) is 0 Å². The third-order valence-electron chi connectivity index (χ3n) is 10.7. The highest BCUT2D eigenvalue weighted by molar-refractivity contribution is 5.76. The largest absolute Gasteiger partial charge is 0.394 e. The molecule has 0 saturated carbocycles. The van der Waals surface area contributed by atoms with E-state index in [4.69, 9.17) is 0 Å². The summed E-state index contributed by atoms with van der Waals surface area (Å²) >= 11 is 0. The van der Waals surface area contributed by atoms with E-state index < -0.39 is 12.1 Å². The molecule has 0 aromatic rings. The van der Waals surface area contributed by atoms with Gasteiger partial charge in [-0.15, -0.1) is 0 Å². The van der Waals surface area contributed by atoms with E-state index in [0.29, 0.717) is 6.42 Å². The molecular formula is C61H97NO3. The van der Waals surface area contributed by atoms with Gasteiger partial charge in [-0.05, 0) is 116 Å². The maximum Gasteiger partial charge on any atom is 0.220 e. The van der Waals surface area contributed by atoms with Crippen LogP contribution in [0.4, 0.5) is 0 Å². The van der Waals surface area contributed by atoms with Gasteiger partial charge in [-0.25, -0.2) is 0 Å². The van der Waals surface area contributed by atoms with Gasteiger partial charge in [0.15, 0.2) is 0 Å². The van der Waals surface area contributed by atoms with E-state index in [1.54, 1.807) is 6.08 Å². The van der Waals surface area contributed by atoms with Crippen LogP contribution >= 0.6 is 0 Å². The number of nitrogens with one attached hydrogen (secondary N) is 1. The number of unbranched alkanes of at least 4 members (excludes halogenated alkanes) is 14. The highest BCUT2D eigenvalue weighted by atomic mass is 16.3. The summed E-state index contributed by atoms with van der Waals surface area (Å²) in [4.78, 5) is 12.4. The lowest BCUT2D eigenvalue weighted by molar-refractivity contribution is -0.123. The smallest absolute Gasteiger partial charge is 0.220 e. The maximum absolute atomic E-state index is 12.4. The molecule has 65 heavy (non-hydrogen) atoms. The summed E-state index contributed by atoms with van der Waals surface area (Å²) in [6.07, 6.45) is 88.1. The minimum atomic E-state index is -0.881. The van der Waals surface area contributed by atoms with E-state index in [0.717, 1.165) is 109 Å². The van der Waals surface area contributed by atoms with Gasteiger partial charge in [0.25, 0.3) is 0 Å². The topological polar surface area (TPSA) is 69.6 Å². The van der Waals surface area contributed by atoms with Crippen LogP contribution in [0.3, 0.4) is 0 Å². The fraction of sp³-hybridized carbons (Fsp3) is 0.557. The van der Waals surface area contributed by atoms with Crippen molar-refractivity contribution in [3.05, 3.63) is 158 Å². The molecule has 4 nitrogen and oxygen atoms in total. The van der Waals surface area contributed by atoms with Crippen molar-refractivity contribution in [2.45, 2.75) is 212 Å². The van der Waals surface area contributed by atoms with Crippen LogP contribution in [0.2, 0.25) is 0 Å². The van der Waals surface area contributed by atoms with Crippen LogP contribution in [0.25, 0.3) is 0 Å². The second-order valence-corrected chi connectivity index (χ2v) is 16.8. The standard InChI is InChI=1S/C61H97NO3/c1-3-5-7-9-11-13-15-17-18-19-20-21-22-23-24-25-26-27-28-29-30-31-32-33-34-35-36-37-38-39-40-41-42-43-44-45-47-49-51-53-55-57-61(65)62-59(58-63)60(64)56-54-52-50-48-46-16-14-12-10-8-6-4-2/h5,7,10-13,17-18,20-21,23-24,26-27,29-30,32-33,35-36,38-39,46,48,54,56,59-60,63-64H,3-4,6,8-9,14-16,19,22,25,28,31,34,37,40-45,47,49-53,55,57-58H2,1-2H3,(H,62,65)/b7-5-,12-10+,13-11-,18-17-,21-20-,24-23-,27-26-,30-29-,33-32-,36-35-,39-38-,48-46+,56-54+. The number of carbonyl (C=O) groups is 1. The molecule has 2 atom stereocenters. The van der Waals surface area contributed by atoms with Crippen LogP contribution in [0.5, 0.6) is 0 Å². The Morgan fingerprint density at radius 2 is 0.692 bits per heavy atom. The van der Waals surface area contributed by atoms with Gasteiger partial charge in [0.05, 0.1) is 18.8 Å². The normalized spacial score (nSPS) is 14.2. The molecule has 0 aliphatic heterocycles. The molecule has 0 aromatic carbocycles. The van der Waals surface area contributed by atoms with E-state index in [2.05, 4.69) is 165 Å². The zero-order chi connectivity index (χ0) is 47.0. The minimum Gasteiger partial charge on any atom is -0.394 e. The molecule has 0 radical (unpaired) electrons. The number of hydrogen-bond acceptors (Lipinski definition) is 3. The zero-order valence-corrected chi connectivity index (χ0v) is 41.7. The van der Waals surface area contributed by atoms with E-state index in [1.807, 2.05) is 6.08 Å². The number of allylic oxidation sites excluding steroid dienone is 25. The molecule has 0 spiro atoms. The van der Waals surface area contributed by atoms with Gasteiger partial charge in [-0.1, -0.05) is 236 Å². The number of amides is 1. The number of hydrogen-bond donors (Lipinski definition) is 3. The molecule has 0 aromatic heterocycles. The first kappa shape index (κ1) is 61.0. The summed E-state index contributed by atoms with van der Waals surface area (Å²) in [5.41, 5.74) is 0. The summed E-state index contributed by atoms with van der Waals surface area (Å²) in [6, 6.07) is -0.657. The van der Waals surface area contributed by atoms with Crippen molar-refractivity contribution in [3.63, 3.8) is 0 Å². The summed E-state index contributed by atoms with van der Waals surface area (Å²) in [6.45, 7) is 4.11. The van der Waals surface area contributed by atoms with Gasteiger partial charge in [0, 0.05) is 6.42 Å². The predicted octanol–water partition coefficient (Wildman–Crippen LogP) is 17.4. The molecule has 0 aliphatic carbocycles. The second-order valence-electron chi connectivity index (χ2n) is 16.8. The van der Waals surface area contributed by atoms with Crippen molar-refractivity contribution >= 4 is 5.91 Å². The average Bonchev–Trinajstić information content (AvgIpc) is 3.31. The molecule has 2 unspecified atom stereocenters. The highest BCUT2D eigenvalue weighted by Crippen LogP contribution is 2.13. The number of rotatable bonds is 45. The lowest BCUT2D eigenvalue weighted by Gasteiger charge is -2.19. The van der Waals surface area contributed by atoms with Gasteiger partial charge in [0.1, 0.15) is 0 Å². The van der Waals surface area contributed by atoms with Gasteiger partial charge in [-0.2, -0.15) is 0 Å². The molecule has 0 saturated heterocycles. The Bertz CT molecular complexity index is 1430. The molecule has 0 aliphatic rings. The molecule has 0 heterocycles. The van der Waals surface area contributed by atoms with E-state index in [9.17, 15) is 15.0 Å². The summed E-state index contributed by atoms with van der Waals surface area (Å²) in [7, 11) is 0. The minimum absolute atomic E-state index is 0.0919. The lowest BCUT2D eigenvalue weighted by atomic mass is 10.0. The quantitative estimate of drug-likeness (QED) is 0.0421. The highest BCUT2D eigenvalue weighted by Gasteiger charge is 2.17. The Morgan fingerprint density at radius 3 is 1.08 bits per heavy atom. The summed E-state index contributed by atoms with van der Waals surface area (Å²) < 4.78 is 0. The maximum atomic E-state index is 12.4. The summed E-state index contributed by atoms with van der Waals surface area (Å²) in [5.74, 6) is -0.0919. The lowest BCUT2D eigenvalue weighted by Crippen LogP contribution is -2.45. The molecule has 0 rings (SSSR count). The Labute approximate surface area is 401 Å². The number of aliphatic hydroxyl groups is 2. The van der Waals surface area contributed by atoms with E-state index in [1.165, 1.54) is 70.6 Å². The van der Waals surface area contributed by atoms with Crippen molar-refractivity contribution < 1.29 is 15.0 Å². The first-order valence-corrected chi connectivity index (χ1v) is 26.2. The molecular weight excluding hydrogens is 795 g/mol. The zero-order valence-electron chi connectivity index (χ0n) is 41.7. The van der Waals surface area contributed by atoms with Gasteiger partial charge >= 0.3 is 0 Å². The third kappa shape index (κ3) is 50.9. The molecule has 0 bridgehead atoms. The SMILES string of the molecule is CC/C=C\C/C=C\C/C=C\C/C=C\C/C=C\C/C=C\C/C=C\C/C=C\C/C=C\C/C=C\CCCCCCCCCCCCC(=O)NC(CO)C(O)/C=C/CC/C=C/CC/C=C/CCCC. The van der Waals surface area contributed by atoms with Crippen LogP contribution in [0.1, 0.15) is 200 Å². The average molecular weight is 892 g/mol. The Balaban J connectivity index is 3.65. The fourth-order valence-electron chi connectivity index (χ4n) is 6.75.